The maximum atomic E-state index is 11.6. The Kier molecular flexibility index (Phi) is 6.97. The van der Waals surface area contributed by atoms with Crippen LogP contribution < -0.4 is 9.47 Å². The van der Waals surface area contributed by atoms with Gasteiger partial charge in [-0.05, 0) is 55.6 Å². The van der Waals surface area contributed by atoms with E-state index in [-0.39, 0.29) is 12.0 Å². The molecular formula is C22H26BrNO4. The van der Waals surface area contributed by atoms with Gasteiger partial charge < -0.3 is 14.6 Å². The molecule has 0 amide bonds. The second kappa shape index (κ2) is 9.43. The normalized spacial score (nSPS) is 18.5. The second-order valence-corrected chi connectivity index (χ2v) is 7.79. The van der Waals surface area contributed by atoms with Gasteiger partial charge in [-0.1, -0.05) is 40.2 Å². The van der Waals surface area contributed by atoms with Crippen molar-refractivity contribution in [3.63, 3.8) is 0 Å². The molecule has 5 nitrogen and oxygen atoms in total. The van der Waals surface area contributed by atoms with Gasteiger partial charge in [0.1, 0.15) is 0 Å². The van der Waals surface area contributed by atoms with Gasteiger partial charge in [0.05, 0.1) is 25.7 Å². The summed E-state index contributed by atoms with van der Waals surface area (Å²) in [5.74, 6) is 0.327. The van der Waals surface area contributed by atoms with E-state index in [1.807, 2.05) is 43.3 Å². The number of methoxy groups -OCH3 is 1. The molecule has 1 N–H and O–H groups in total. The predicted octanol–water partition coefficient (Wildman–Crippen LogP) is 4.74. The molecule has 2 atom stereocenters. The van der Waals surface area contributed by atoms with Crippen molar-refractivity contribution in [1.29, 1.82) is 0 Å². The minimum Gasteiger partial charge on any atom is -0.493 e. The van der Waals surface area contributed by atoms with Crippen molar-refractivity contribution in [2.45, 2.75) is 25.8 Å². The SMILES string of the molecule is CCOc1ccc(C(c2ccccc2Br)N2CCCC(C(=O)O)C2)cc1OC. The molecule has 1 saturated heterocycles. The lowest BCUT2D eigenvalue weighted by Gasteiger charge is -2.38. The standard InChI is InChI=1S/C22H26BrNO4/c1-3-28-19-11-10-15(13-20(19)27-2)21(17-8-4-5-9-18(17)23)24-12-6-7-16(14-24)22(25)26/h4-5,8-11,13,16,21H,3,6-7,12,14H2,1-2H3,(H,25,26). The zero-order valence-corrected chi connectivity index (χ0v) is 17.8. The summed E-state index contributed by atoms with van der Waals surface area (Å²) < 4.78 is 12.2. The van der Waals surface area contributed by atoms with Crippen LogP contribution in [-0.4, -0.2) is 42.8 Å². The van der Waals surface area contributed by atoms with Crippen LogP contribution in [0.3, 0.4) is 0 Å². The molecule has 3 rings (SSSR count). The molecule has 2 unspecified atom stereocenters. The highest BCUT2D eigenvalue weighted by Crippen LogP contribution is 2.39. The van der Waals surface area contributed by atoms with Crippen LogP contribution >= 0.6 is 15.9 Å². The first kappa shape index (κ1) is 20.7. The minimum atomic E-state index is -0.722. The van der Waals surface area contributed by atoms with Crippen molar-refractivity contribution in [1.82, 2.24) is 4.90 Å². The van der Waals surface area contributed by atoms with Crippen LogP contribution in [-0.2, 0) is 4.79 Å². The fraction of sp³-hybridized carbons (Fsp3) is 0.409. The summed E-state index contributed by atoms with van der Waals surface area (Å²) >= 11 is 3.68. The van der Waals surface area contributed by atoms with E-state index in [0.717, 1.165) is 35.0 Å². The molecule has 28 heavy (non-hydrogen) atoms. The Morgan fingerprint density at radius 1 is 1.29 bits per heavy atom. The number of carboxylic acids is 1. The lowest BCUT2D eigenvalue weighted by atomic mass is 9.91. The Labute approximate surface area is 174 Å². The lowest BCUT2D eigenvalue weighted by molar-refractivity contribution is -0.143. The summed E-state index contributed by atoms with van der Waals surface area (Å²) in [6.45, 7) is 3.88. The number of ether oxygens (including phenoxy) is 2. The minimum absolute atomic E-state index is 0.0673. The molecule has 0 bridgehead atoms. The van der Waals surface area contributed by atoms with E-state index >= 15 is 0 Å². The van der Waals surface area contributed by atoms with Crippen molar-refractivity contribution in [2.24, 2.45) is 5.92 Å². The number of hydrogen-bond donors (Lipinski definition) is 1. The van der Waals surface area contributed by atoms with E-state index in [9.17, 15) is 9.90 Å². The summed E-state index contributed by atoms with van der Waals surface area (Å²) in [6.07, 6.45) is 1.59. The van der Waals surface area contributed by atoms with E-state index in [1.165, 1.54) is 0 Å². The van der Waals surface area contributed by atoms with Gasteiger partial charge in [-0.25, -0.2) is 0 Å². The Morgan fingerprint density at radius 2 is 2.07 bits per heavy atom. The number of benzene rings is 2. The van der Waals surface area contributed by atoms with Gasteiger partial charge in [0.25, 0.3) is 0 Å². The van der Waals surface area contributed by atoms with E-state index in [0.29, 0.717) is 24.7 Å². The van der Waals surface area contributed by atoms with E-state index in [4.69, 9.17) is 9.47 Å². The summed E-state index contributed by atoms with van der Waals surface area (Å²) in [4.78, 5) is 13.9. The number of rotatable bonds is 7. The van der Waals surface area contributed by atoms with Crippen LogP contribution in [0.1, 0.15) is 36.9 Å². The number of nitrogens with zero attached hydrogens (tertiary/aromatic N) is 1. The number of hydrogen-bond acceptors (Lipinski definition) is 4. The first-order valence-electron chi connectivity index (χ1n) is 9.57. The van der Waals surface area contributed by atoms with E-state index < -0.39 is 5.97 Å². The third-order valence-corrected chi connectivity index (χ3v) is 5.89. The number of piperidine rings is 1. The zero-order valence-electron chi connectivity index (χ0n) is 16.2. The Bertz CT molecular complexity index is 826. The van der Waals surface area contributed by atoms with Crippen molar-refractivity contribution in [3.8, 4) is 11.5 Å². The fourth-order valence-electron chi connectivity index (χ4n) is 3.86. The highest BCUT2D eigenvalue weighted by molar-refractivity contribution is 9.10. The number of carbonyl (C=O) groups is 1. The van der Waals surface area contributed by atoms with Crippen LogP contribution in [0.4, 0.5) is 0 Å². The highest BCUT2D eigenvalue weighted by atomic mass is 79.9. The molecule has 1 heterocycles. The fourth-order valence-corrected chi connectivity index (χ4v) is 4.36. The number of likely N-dealkylation sites (tertiary alicyclic amines) is 1. The molecule has 0 aromatic heterocycles. The van der Waals surface area contributed by atoms with Gasteiger partial charge in [0.15, 0.2) is 11.5 Å². The number of aliphatic carboxylic acids is 1. The average Bonchev–Trinajstić information content (AvgIpc) is 2.71. The highest BCUT2D eigenvalue weighted by Gasteiger charge is 2.32. The molecule has 0 aliphatic carbocycles. The maximum Gasteiger partial charge on any atom is 0.307 e. The third kappa shape index (κ3) is 4.50. The Balaban J connectivity index is 2.04. The largest absolute Gasteiger partial charge is 0.493 e. The van der Waals surface area contributed by atoms with Gasteiger partial charge in [-0.15, -0.1) is 0 Å². The van der Waals surface area contributed by atoms with Gasteiger partial charge in [-0.3, -0.25) is 9.69 Å². The molecule has 6 heteroatoms. The van der Waals surface area contributed by atoms with Crippen LogP contribution in [0.15, 0.2) is 46.9 Å². The summed E-state index contributed by atoms with van der Waals surface area (Å²) in [5.41, 5.74) is 2.16. The predicted molar refractivity (Wildman–Crippen MR) is 112 cm³/mol. The number of carboxylic acid groups (broad SMARTS) is 1. The summed E-state index contributed by atoms with van der Waals surface area (Å²) in [7, 11) is 1.64. The molecule has 1 aliphatic heterocycles. The summed E-state index contributed by atoms with van der Waals surface area (Å²) in [5, 5.41) is 9.54. The third-order valence-electron chi connectivity index (χ3n) is 5.17. The first-order valence-corrected chi connectivity index (χ1v) is 10.4. The quantitative estimate of drug-likeness (QED) is 0.663. The molecule has 0 spiro atoms. The second-order valence-electron chi connectivity index (χ2n) is 6.94. The monoisotopic (exact) mass is 447 g/mol. The maximum absolute atomic E-state index is 11.6. The molecule has 0 saturated carbocycles. The van der Waals surface area contributed by atoms with Crippen LogP contribution in [0.25, 0.3) is 0 Å². The van der Waals surface area contributed by atoms with Gasteiger partial charge >= 0.3 is 5.97 Å². The van der Waals surface area contributed by atoms with Crippen molar-refractivity contribution in [3.05, 3.63) is 58.1 Å². The van der Waals surface area contributed by atoms with Gasteiger partial charge in [-0.2, -0.15) is 0 Å². The Hall–Kier alpha value is -2.05. The molecule has 1 aliphatic rings. The molecule has 150 valence electrons. The molecule has 0 radical (unpaired) electrons. The molecule has 1 fully saturated rings. The molecule has 2 aromatic rings. The van der Waals surface area contributed by atoms with Crippen molar-refractivity contribution >= 4 is 21.9 Å². The van der Waals surface area contributed by atoms with Crippen molar-refractivity contribution in [2.75, 3.05) is 26.8 Å². The van der Waals surface area contributed by atoms with E-state index in [2.05, 4.69) is 26.9 Å². The molecular weight excluding hydrogens is 422 g/mol. The number of halogens is 1. The average molecular weight is 448 g/mol. The first-order chi connectivity index (χ1) is 13.5. The zero-order chi connectivity index (χ0) is 20.1. The van der Waals surface area contributed by atoms with Gasteiger partial charge in [0.2, 0.25) is 0 Å². The van der Waals surface area contributed by atoms with Crippen LogP contribution in [0.5, 0.6) is 11.5 Å². The van der Waals surface area contributed by atoms with E-state index in [1.54, 1.807) is 7.11 Å². The van der Waals surface area contributed by atoms with Crippen LogP contribution in [0.2, 0.25) is 0 Å². The summed E-state index contributed by atoms with van der Waals surface area (Å²) in [6, 6.07) is 14.0. The van der Waals surface area contributed by atoms with Crippen molar-refractivity contribution < 1.29 is 19.4 Å². The molecule has 2 aromatic carbocycles. The Morgan fingerprint density at radius 3 is 2.75 bits per heavy atom. The smallest absolute Gasteiger partial charge is 0.307 e. The van der Waals surface area contributed by atoms with Crippen LogP contribution in [0, 0.1) is 5.92 Å². The van der Waals surface area contributed by atoms with Gasteiger partial charge in [0, 0.05) is 11.0 Å². The topological polar surface area (TPSA) is 59.0 Å². The lowest BCUT2D eigenvalue weighted by Crippen LogP contribution is -2.41.